The molecule has 0 saturated heterocycles. The van der Waals surface area contributed by atoms with Gasteiger partial charge in [-0.15, -0.1) is 5.14 Å². The van der Waals surface area contributed by atoms with Gasteiger partial charge < -0.3 is 10.2 Å². The van der Waals surface area contributed by atoms with E-state index in [0.717, 1.165) is 75.7 Å². The summed E-state index contributed by atoms with van der Waals surface area (Å²) in [6.07, 6.45) is 11.0. The summed E-state index contributed by atoms with van der Waals surface area (Å²) in [4.78, 5) is 20.7. The van der Waals surface area contributed by atoms with Crippen molar-refractivity contribution < 1.29 is 19.8 Å². The molecule has 0 rings (SSSR count). The first kappa shape index (κ1) is 22.6. The maximum atomic E-state index is 10.4. The fraction of sp³-hybridized carbons (Fsp3) is 0.875. The van der Waals surface area contributed by atoms with Crippen LogP contribution in [0, 0.1) is 0 Å². The van der Waals surface area contributed by atoms with Crippen molar-refractivity contribution in [3.05, 3.63) is 0 Å². The summed E-state index contributed by atoms with van der Waals surface area (Å²) < 4.78 is 0. The number of hydrogen-bond donors (Lipinski definition) is 3. The Balaban J connectivity index is 3.20. The molecule has 1 unspecified atom stereocenters. The first-order valence-electron chi connectivity index (χ1n) is 8.54. The molecular formula is C16H32NO4S2+. The third-order valence-corrected chi connectivity index (χ3v) is 6.86. The molecule has 0 aliphatic rings. The van der Waals surface area contributed by atoms with Gasteiger partial charge in [0.25, 0.3) is 0 Å². The predicted molar refractivity (Wildman–Crippen MR) is 99.6 cm³/mol. The second kappa shape index (κ2) is 16.5. The number of nitrogens with two attached hydrogens (primary N) is 1. The summed E-state index contributed by atoms with van der Waals surface area (Å²) in [5, 5.41) is 23.2. The minimum absolute atomic E-state index is 0.0547. The van der Waals surface area contributed by atoms with Crippen LogP contribution in [0.15, 0.2) is 0 Å². The minimum Gasteiger partial charge on any atom is -0.481 e. The van der Waals surface area contributed by atoms with Crippen LogP contribution in [-0.2, 0) is 19.7 Å². The van der Waals surface area contributed by atoms with E-state index in [9.17, 15) is 9.59 Å². The van der Waals surface area contributed by atoms with Gasteiger partial charge in [0.05, 0.1) is 0 Å². The molecule has 1 atom stereocenters. The van der Waals surface area contributed by atoms with Crippen molar-refractivity contribution in [2.75, 3.05) is 11.5 Å². The highest BCUT2D eigenvalue weighted by Crippen LogP contribution is 2.17. The van der Waals surface area contributed by atoms with Gasteiger partial charge in [0, 0.05) is 18.6 Å². The number of unbranched alkanes of at least 4 members (excludes halogenated alkanes) is 8. The maximum Gasteiger partial charge on any atom is 0.303 e. The van der Waals surface area contributed by atoms with Gasteiger partial charge in [0.15, 0.2) is 0 Å². The van der Waals surface area contributed by atoms with Gasteiger partial charge >= 0.3 is 11.9 Å². The molecule has 0 fully saturated rings. The molecule has 0 heterocycles. The molecule has 0 aliphatic carbocycles. The summed E-state index contributed by atoms with van der Waals surface area (Å²) in [5.74, 6) is 0.751. The van der Waals surface area contributed by atoms with Gasteiger partial charge in [-0.2, -0.15) is 0 Å². The van der Waals surface area contributed by atoms with Crippen LogP contribution in [0.5, 0.6) is 0 Å². The molecule has 0 aromatic carbocycles. The van der Waals surface area contributed by atoms with Crippen molar-refractivity contribution in [3.8, 4) is 0 Å². The molecule has 0 bridgehead atoms. The highest BCUT2D eigenvalue weighted by atomic mass is 33.1. The van der Waals surface area contributed by atoms with Crippen molar-refractivity contribution in [2.45, 2.75) is 77.0 Å². The third kappa shape index (κ3) is 19.6. The highest BCUT2D eigenvalue weighted by Gasteiger charge is 2.13. The first-order chi connectivity index (χ1) is 11.0. The molecule has 0 radical (unpaired) electrons. The zero-order valence-corrected chi connectivity index (χ0v) is 15.6. The Morgan fingerprint density at radius 3 is 1.70 bits per heavy atom. The van der Waals surface area contributed by atoms with Crippen LogP contribution in [0.1, 0.15) is 77.0 Å². The number of rotatable bonds is 17. The normalized spacial score (nSPS) is 12.2. The smallest absolute Gasteiger partial charge is 0.303 e. The summed E-state index contributed by atoms with van der Waals surface area (Å²) in [6.45, 7) is 0. The van der Waals surface area contributed by atoms with E-state index in [0.29, 0.717) is 0 Å². The minimum atomic E-state index is -0.702. The maximum absolute atomic E-state index is 10.4. The Labute approximate surface area is 146 Å². The van der Waals surface area contributed by atoms with E-state index in [1.54, 1.807) is 0 Å². The van der Waals surface area contributed by atoms with E-state index in [1.807, 2.05) is 10.8 Å². The van der Waals surface area contributed by atoms with E-state index in [4.69, 9.17) is 15.4 Å². The van der Waals surface area contributed by atoms with Crippen LogP contribution in [0.3, 0.4) is 0 Å². The monoisotopic (exact) mass is 366 g/mol. The largest absolute Gasteiger partial charge is 0.481 e. The third-order valence-electron chi connectivity index (χ3n) is 3.51. The van der Waals surface area contributed by atoms with E-state index >= 15 is 0 Å². The Morgan fingerprint density at radius 1 is 0.739 bits per heavy atom. The van der Waals surface area contributed by atoms with Crippen molar-refractivity contribution in [1.82, 2.24) is 0 Å². The lowest BCUT2D eigenvalue weighted by atomic mass is 10.1. The van der Waals surface area contributed by atoms with Crippen LogP contribution in [0.2, 0.25) is 0 Å². The van der Waals surface area contributed by atoms with Gasteiger partial charge in [-0.3, -0.25) is 9.59 Å². The molecule has 0 aliphatic heterocycles. The van der Waals surface area contributed by atoms with E-state index in [2.05, 4.69) is 0 Å². The van der Waals surface area contributed by atoms with Gasteiger partial charge in [-0.1, -0.05) is 32.1 Å². The lowest BCUT2D eigenvalue weighted by molar-refractivity contribution is -0.138. The number of aliphatic carboxylic acids is 2. The molecule has 0 saturated carbocycles. The lowest BCUT2D eigenvalue weighted by Crippen LogP contribution is -2.13. The van der Waals surface area contributed by atoms with Crippen molar-refractivity contribution >= 4 is 32.8 Å². The average molecular weight is 367 g/mol. The Kier molecular flexibility index (Phi) is 16.2. The summed E-state index contributed by atoms with van der Waals surface area (Å²) in [7, 11) is 1.80. The van der Waals surface area contributed by atoms with E-state index < -0.39 is 11.9 Å². The number of carbonyl (C=O) groups is 2. The van der Waals surface area contributed by atoms with Gasteiger partial charge in [-0.05, 0) is 32.1 Å². The van der Waals surface area contributed by atoms with Crippen molar-refractivity contribution in [3.63, 3.8) is 0 Å². The highest BCUT2D eigenvalue weighted by molar-refractivity contribution is 8.73. The second-order valence-electron chi connectivity index (χ2n) is 5.73. The fourth-order valence-electron chi connectivity index (χ4n) is 2.18. The molecule has 136 valence electrons. The number of hydrogen-bond acceptors (Lipinski definition) is 4. The number of carboxylic acid groups (broad SMARTS) is 2. The number of carboxylic acids is 2. The molecule has 23 heavy (non-hydrogen) atoms. The standard InChI is InChI=1S/C16H31NO4S2/c17-23(14-10-6-2-4-8-12-16(20)21)22-13-9-5-1-3-7-11-15(18)19/h1-14,17H2,(H-,18,19,20,21)/p+1. The predicted octanol–water partition coefficient (Wildman–Crippen LogP) is 3.98. The molecule has 7 heteroatoms. The quantitative estimate of drug-likeness (QED) is 0.204. The molecule has 4 N–H and O–H groups in total. The zero-order valence-electron chi connectivity index (χ0n) is 14.0. The fourth-order valence-corrected chi connectivity index (χ4v) is 5.03. The molecular weight excluding hydrogens is 334 g/mol. The average Bonchev–Trinajstić information content (AvgIpc) is 2.48. The van der Waals surface area contributed by atoms with Gasteiger partial charge in [-0.25, -0.2) is 0 Å². The van der Waals surface area contributed by atoms with Crippen LogP contribution in [0.25, 0.3) is 0 Å². The molecule has 0 aromatic rings. The summed E-state index contributed by atoms with van der Waals surface area (Å²) in [5.41, 5.74) is 0. The van der Waals surface area contributed by atoms with E-state index in [1.165, 1.54) is 0 Å². The molecule has 5 nitrogen and oxygen atoms in total. The van der Waals surface area contributed by atoms with Crippen molar-refractivity contribution in [1.29, 1.82) is 0 Å². The van der Waals surface area contributed by atoms with Crippen LogP contribution in [0.4, 0.5) is 0 Å². The SMILES string of the molecule is N[S+](CCCCCCCC(=O)O)SCCCCCCCC(=O)O. The van der Waals surface area contributed by atoms with Crippen LogP contribution >= 0.6 is 10.8 Å². The van der Waals surface area contributed by atoms with E-state index in [-0.39, 0.29) is 23.0 Å². The Hall–Kier alpha value is -0.400. The van der Waals surface area contributed by atoms with Crippen LogP contribution in [-0.4, -0.2) is 33.7 Å². The first-order valence-corrected chi connectivity index (χ1v) is 11.5. The van der Waals surface area contributed by atoms with Crippen LogP contribution < -0.4 is 5.14 Å². The summed E-state index contributed by atoms with van der Waals surface area (Å²) in [6, 6.07) is 0. The van der Waals surface area contributed by atoms with Gasteiger partial charge in [0.2, 0.25) is 0 Å². The lowest BCUT2D eigenvalue weighted by Gasteiger charge is -2.02. The Morgan fingerprint density at radius 2 is 1.17 bits per heavy atom. The molecule has 0 spiro atoms. The van der Waals surface area contributed by atoms with Crippen molar-refractivity contribution in [2.24, 2.45) is 5.14 Å². The zero-order chi connectivity index (χ0) is 17.3. The van der Waals surface area contributed by atoms with Gasteiger partial charge in [0.1, 0.15) is 26.7 Å². The topological polar surface area (TPSA) is 101 Å². The summed E-state index contributed by atoms with van der Waals surface area (Å²) >= 11 is 0. The second-order valence-corrected chi connectivity index (χ2v) is 9.54. The molecule has 0 aromatic heterocycles. The molecule has 0 amide bonds. The Bertz CT molecular complexity index is 316.